The van der Waals surface area contributed by atoms with E-state index >= 15 is 0 Å². The molecule has 0 spiro atoms. The second-order valence-corrected chi connectivity index (χ2v) is 27.5. The maximum atomic E-state index is 13.2. The summed E-state index contributed by atoms with van der Waals surface area (Å²) >= 11 is 0. The van der Waals surface area contributed by atoms with Gasteiger partial charge >= 0.3 is 17.8 Å². The number of hydrogen-bond acceptors (Lipinski definition) is 21. The third-order valence-corrected chi connectivity index (χ3v) is 20.2. The molecular formula is C76H87N25O3. The van der Waals surface area contributed by atoms with Gasteiger partial charge in [-0.3, -0.25) is 24.3 Å². The van der Waals surface area contributed by atoms with Gasteiger partial charge in [0.25, 0.3) is 0 Å². The molecule has 0 radical (unpaired) electrons. The molecule has 5 saturated heterocycles. The molecule has 16 rings (SSSR count). The van der Waals surface area contributed by atoms with Crippen molar-refractivity contribution in [2.75, 3.05) is 70.5 Å². The van der Waals surface area contributed by atoms with Crippen molar-refractivity contribution in [2.24, 2.45) is 32.9 Å². The molecule has 8 N–H and O–H groups in total. The molecule has 5 fully saturated rings. The van der Waals surface area contributed by atoms with Crippen molar-refractivity contribution in [2.45, 2.75) is 127 Å². The van der Waals surface area contributed by atoms with Gasteiger partial charge in [0, 0.05) is 114 Å². The Kier molecular flexibility index (Phi) is 22.1. The van der Waals surface area contributed by atoms with E-state index < -0.39 is 0 Å². The van der Waals surface area contributed by atoms with Crippen LogP contribution in [0.5, 0.6) is 0 Å². The fourth-order valence-electron chi connectivity index (χ4n) is 14.9. The minimum atomic E-state index is -0.227. The maximum absolute atomic E-state index is 13.2. The van der Waals surface area contributed by atoms with Crippen molar-refractivity contribution >= 4 is 42.2 Å². The van der Waals surface area contributed by atoms with Crippen LogP contribution in [0.1, 0.15) is 114 Å². The van der Waals surface area contributed by atoms with Crippen LogP contribution in [0, 0.1) is 45.3 Å². The number of guanidine groups is 1. The normalized spacial score (nSPS) is 21.3. The minimum Gasteiger partial charge on any atom is -0.357 e. The minimum absolute atomic E-state index is 0.0523. The number of piperidine rings is 4. The average molecular weight is 1400 g/mol. The highest BCUT2D eigenvalue weighted by Gasteiger charge is 2.41. The number of aliphatic imine (C=N–C) groups is 2. The molecule has 0 saturated carbocycles. The second kappa shape index (κ2) is 32.5. The van der Waals surface area contributed by atoms with Gasteiger partial charge in [0.15, 0.2) is 0 Å². The van der Waals surface area contributed by atoms with Gasteiger partial charge in [-0.1, -0.05) is 72.8 Å². The van der Waals surface area contributed by atoms with Crippen LogP contribution in [0.4, 0.5) is 15.5 Å². The monoisotopic (exact) mass is 1400 g/mol. The first-order valence-electron chi connectivity index (χ1n) is 35.8. The Hall–Kier alpha value is -11.7. The summed E-state index contributed by atoms with van der Waals surface area (Å²) in [6.45, 7) is 9.96. The number of carbonyl (C=O) groups excluding carboxylic acids is 2. The standard InChI is InChI=1S/C20H25N5O.C19H21N7O.C19H22N6.C18H19N7O/c21-12-15-5-1-2-6-16(15)13-25-19(23-9-3-7-17(22)14-23)11-18-8-4-10-24(18)20(25)26;20-10-14-4-1-2-5-15(14)11-25-18(24-9-3-6-16(21)12-24)23-17-7-8-22-13-26(17)19(25)27;20-10-15-4-1-2-5-16(15)11-24-13-18-7-8-22-25(18)14-19(24)23-9-3-6-17(21)12-23;19-10-13-4-1-2-5-14(13)11-25-17(23-8-3-6-15(20)12-23)22-16-21-7-9-24(16)18(25)26/h1-2,5-6,11,17-18H,3-4,7-10,13-14,22H2;1-2,4-5,7-8,16H,3,6,9,11-13,21H2;1-2,4-5,7-8,14,17H,3,6,9,11-13,21H2;1-2,4-5,7,9,15H,3,6,8,11-12,20H2/t17-,18?;16-;17-;15-/m1111/s1. The molecule has 9 aliphatic heterocycles. The molecule has 4 amide bonds. The molecule has 5 atom stereocenters. The fraction of sp³-hybridized carbons (Fsp3) is 0.395. The van der Waals surface area contributed by atoms with Crippen LogP contribution in [0.3, 0.4) is 0 Å². The van der Waals surface area contributed by atoms with E-state index in [4.69, 9.17) is 27.9 Å². The maximum Gasteiger partial charge on any atom is 0.338 e. The summed E-state index contributed by atoms with van der Waals surface area (Å²) in [4.78, 5) is 75.2. The number of fused-ring (bicyclic) bond motifs is 4. The Labute approximate surface area is 604 Å². The molecule has 7 aromatic rings. The number of hydrogen-bond donors (Lipinski definition) is 4. The number of allylic oxidation sites excluding steroid dienone is 1. The fourth-order valence-corrected chi connectivity index (χ4v) is 14.9. The van der Waals surface area contributed by atoms with Crippen molar-refractivity contribution in [1.82, 2.24) is 67.9 Å². The number of nitrogens with zero attached hydrogens (tertiary/aromatic N) is 21. The molecule has 3 aromatic heterocycles. The molecule has 4 aromatic carbocycles. The molecule has 0 aliphatic carbocycles. The van der Waals surface area contributed by atoms with E-state index in [2.05, 4.69) is 76.2 Å². The highest BCUT2D eigenvalue weighted by atomic mass is 16.2. The van der Waals surface area contributed by atoms with Gasteiger partial charge in [0.2, 0.25) is 17.7 Å². The summed E-state index contributed by atoms with van der Waals surface area (Å²) < 4.78 is 4.97. The molecule has 104 heavy (non-hydrogen) atoms. The van der Waals surface area contributed by atoms with Gasteiger partial charge in [0.05, 0.1) is 90.6 Å². The summed E-state index contributed by atoms with van der Waals surface area (Å²) in [6.07, 6.45) is 22.9. The Balaban J connectivity index is 0.000000123. The van der Waals surface area contributed by atoms with E-state index in [1.807, 2.05) is 117 Å². The number of urea groups is 2. The lowest BCUT2D eigenvalue weighted by Crippen LogP contribution is -2.58. The Morgan fingerprint density at radius 1 is 0.529 bits per heavy atom. The molecule has 28 heteroatoms. The number of nitrogens with two attached hydrogens (primary N) is 4. The van der Waals surface area contributed by atoms with Crippen LogP contribution in [-0.4, -0.2) is 188 Å². The van der Waals surface area contributed by atoms with E-state index in [0.29, 0.717) is 66.4 Å². The molecule has 534 valence electrons. The number of nitriles is 4. The van der Waals surface area contributed by atoms with Gasteiger partial charge in [-0.15, -0.1) is 0 Å². The number of benzene rings is 4. The lowest BCUT2D eigenvalue weighted by atomic mass is 10.0. The van der Waals surface area contributed by atoms with Gasteiger partial charge in [-0.05, 0) is 129 Å². The zero-order chi connectivity index (χ0) is 72.2. The van der Waals surface area contributed by atoms with Crippen LogP contribution in [0.2, 0.25) is 0 Å². The van der Waals surface area contributed by atoms with Gasteiger partial charge in [0.1, 0.15) is 24.1 Å². The van der Waals surface area contributed by atoms with Crippen LogP contribution >= 0.6 is 0 Å². The second-order valence-electron chi connectivity index (χ2n) is 27.5. The number of carbonyl (C=O) groups is 2. The summed E-state index contributed by atoms with van der Waals surface area (Å²) in [5.41, 5.74) is 31.5. The summed E-state index contributed by atoms with van der Waals surface area (Å²) in [7, 11) is 0. The highest BCUT2D eigenvalue weighted by Crippen LogP contribution is 2.34. The van der Waals surface area contributed by atoms with Crippen LogP contribution < -0.4 is 33.5 Å². The third-order valence-electron chi connectivity index (χ3n) is 20.2. The SMILES string of the molecule is N#Cc1ccccc1CN1C(=O)N2CCCC2C=C1N1CCC[C@@H](N)C1.N#Cc1ccccc1CN1C(=O)N2CN=CC=C2N=C1N1CCC[C@@H](N)C1.N#Cc1ccccc1CN1Cc2ccnn2C=C1N1CCC[C@@H](N)C1.N#Cc1ccccc1Cn1c(N2CCC[C@@H](N)C2)nc2nccn2c1=O. The van der Waals surface area contributed by atoms with Gasteiger partial charge < -0.3 is 52.3 Å². The van der Waals surface area contributed by atoms with Crippen molar-refractivity contribution in [3.63, 3.8) is 0 Å². The molecular weight excluding hydrogens is 1310 g/mol. The van der Waals surface area contributed by atoms with Crippen molar-refractivity contribution < 1.29 is 9.59 Å². The first-order chi connectivity index (χ1) is 50.7. The van der Waals surface area contributed by atoms with E-state index in [9.17, 15) is 35.4 Å². The van der Waals surface area contributed by atoms with Crippen LogP contribution in [0.25, 0.3) is 12.0 Å². The zero-order valence-electron chi connectivity index (χ0n) is 58.3. The summed E-state index contributed by atoms with van der Waals surface area (Å²) in [5, 5.41) is 42.0. The average Bonchev–Trinajstić information content (AvgIpc) is 1.07. The summed E-state index contributed by atoms with van der Waals surface area (Å²) in [5.74, 6) is 4.22. The van der Waals surface area contributed by atoms with E-state index in [0.717, 1.165) is 162 Å². The van der Waals surface area contributed by atoms with Crippen LogP contribution in [-0.2, 0) is 32.7 Å². The number of amides is 4. The molecule has 1 unspecified atom stereocenters. The smallest absolute Gasteiger partial charge is 0.338 e. The van der Waals surface area contributed by atoms with Gasteiger partial charge in [-0.2, -0.15) is 36.1 Å². The zero-order valence-corrected chi connectivity index (χ0v) is 58.3. The number of anilines is 1. The van der Waals surface area contributed by atoms with E-state index in [1.54, 1.807) is 51.2 Å². The number of likely N-dealkylation sites (tertiary alicyclic amines) is 3. The Morgan fingerprint density at radius 3 is 1.62 bits per heavy atom. The molecule has 12 heterocycles. The molecule has 28 nitrogen and oxygen atoms in total. The molecule has 0 bridgehead atoms. The largest absolute Gasteiger partial charge is 0.357 e. The van der Waals surface area contributed by atoms with Crippen LogP contribution in [0.15, 0.2) is 166 Å². The lowest BCUT2D eigenvalue weighted by molar-refractivity contribution is 0.120. The topological polar surface area (TPSA) is 357 Å². The predicted molar refractivity (Wildman–Crippen MR) is 393 cm³/mol. The predicted octanol–water partition coefficient (Wildman–Crippen LogP) is 6.37. The first kappa shape index (κ1) is 70.8. The Morgan fingerprint density at radius 2 is 1.04 bits per heavy atom. The first-order valence-corrected chi connectivity index (χ1v) is 35.8. The van der Waals surface area contributed by atoms with Gasteiger partial charge in [-0.25, -0.2) is 28.5 Å². The number of rotatable bonds is 11. The number of aromatic nitrogens is 6. The van der Waals surface area contributed by atoms with Crippen molar-refractivity contribution in [1.29, 1.82) is 21.0 Å². The van der Waals surface area contributed by atoms with E-state index in [-0.39, 0.29) is 67.7 Å². The Bertz CT molecular complexity index is 4690. The van der Waals surface area contributed by atoms with Crippen molar-refractivity contribution in [3.05, 3.63) is 212 Å². The van der Waals surface area contributed by atoms with E-state index in [1.165, 1.54) is 4.40 Å². The third kappa shape index (κ3) is 15.8. The quantitative estimate of drug-likeness (QED) is 0.109. The highest BCUT2D eigenvalue weighted by molar-refractivity contribution is 6.00. The van der Waals surface area contributed by atoms with Crippen molar-refractivity contribution in [3.8, 4) is 24.3 Å². The lowest BCUT2D eigenvalue weighted by Gasteiger charge is -2.44. The number of imidazole rings is 1. The summed E-state index contributed by atoms with van der Waals surface area (Å²) in [6, 6.07) is 41.4. The molecule has 9 aliphatic rings.